The first kappa shape index (κ1) is 17.6. The van der Waals surface area contributed by atoms with Crippen LogP contribution in [0.2, 0.25) is 5.02 Å². The molecule has 0 unspecified atom stereocenters. The highest BCUT2D eigenvalue weighted by Crippen LogP contribution is 2.34. The third kappa shape index (κ3) is 4.84. The monoisotopic (exact) mass is 330 g/mol. The maximum Gasteiger partial charge on any atom is 0.150 e. The van der Waals surface area contributed by atoms with Crippen molar-refractivity contribution in [2.24, 2.45) is 0 Å². The lowest BCUT2D eigenvalue weighted by atomic mass is 10.0. The van der Waals surface area contributed by atoms with Crippen LogP contribution in [0.15, 0.2) is 36.4 Å². The van der Waals surface area contributed by atoms with E-state index in [0.29, 0.717) is 17.2 Å². The van der Waals surface area contributed by atoms with Crippen molar-refractivity contribution in [3.8, 4) is 16.9 Å². The maximum atomic E-state index is 10.7. The van der Waals surface area contributed by atoms with Crippen molar-refractivity contribution in [1.29, 1.82) is 0 Å². The second-order valence-electron chi connectivity index (χ2n) is 5.75. The molecule has 0 radical (unpaired) electrons. The number of carbonyl (C=O) groups excluding carboxylic acids is 1. The molecule has 2 aromatic carbocycles. The molecular weight excluding hydrogens is 308 g/mol. The van der Waals surface area contributed by atoms with E-state index in [1.165, 1.54) is 19.3 Å². The van der Waals surface area contributed by atoms with Crippen LogP contribution in [-0.2, 0) is 0 Å². The van der Waals surface area contributed by atoms with Gasteiger partial charge in [-0.2, -0.15) is 0 Å². The largest absolute Gasteiger partial charge is 0.492 e. The highest BCUT2D eigenvalue weighted by atomic mass is 35.5. The number of aryl methyl sites for hydroxylation is 1. The van der Waals surface area contributed by atoms with Crippen LogP contribution >= 0.6 is 11.6 Å². The number of hydrogen-bond donors (Lipinski definition) is 0. The van der Waals surface area contributed by atoms with Crippen LogP contribution in [-0.4, -0.2) is 12.9 Å². The summed E-state index contributed by atoms with van der Waals surface area (Å²) in [5.74, 6) is 0.774. The molecule has 3 heteroatoms. The first-order valence-electron chi connectivity index (χ1n) is 8.14. The van der Waals surface area contributed by atoms with E-state index in [-0.39, 0.29) is 0 Å². The zero-order valence-electron chi connectivity index (χ0n) is 13.8. The first-order chi connectivity index (χ1) is 11.2. The summed E-state index contributed by atoms with van der Waals surface area (Å²) < 4.78 is 5.86. The molecule has 0 aliphatic heterocycles. The summed E-state index contributed by atoms with van der Waals surface area (Å²) >= 11 is 6.40. The Bertz CT molecular complexity index is 624. The maximum absolute atomic E-state index is 10.7. The van der Waals surface area contributed by atoms with Gasteiger partial charge >= 0.3 is 0 Å². The molecule has 0 amide bonds. The highest BCUT2D eigenvalue weighted by molar-refractivity contribution is 6.32. The van der Waals surface area contributed by atoms with E-state index >= 15 is 0 Å². The summed E-state index contributed by atoms with van der Waals surface area (Å²) in [5, 5.41) is 0.634. The van der Waals surface area contributed by atoms with Crippen LogP contribution in [0.3, 0.4) is 0 Å². The SMILES string of the molecule is CCCCCCOc1c(C)cc(-c2ccc(C=O)cc2)cc1Cl. The van der Waals surface area contributed by atoms with Gasteiger partial charge in [0.05, 0.1) is 11.6 Å². The minimum atomic E-state index is 0.634. The highest BCUT2D eigenvalue weighted by Gasteiger charge is 2.09. The quantitative estimate of drug-likeness (QED) is 0.432. The second kappa shape index (κ2) is 8.73. The van der Waals surface area contributed by atoms with E-state index in [0.717, 1.165) is 35.1 Å². The standard InChI is InChI=1S/C20H23ClO2/c1-3-4-5-6-11-23-20-15(2)12-18(13-19(20)21)17-9-7-16(14-22)8-10-17/h7-10,12-14H,3-6,11H2,1-2H3. The zero-order chi connectivity index (χ0) is 16.7. The molecule has 0 aromatic heterocycles. The lowest BCUT2D eigenvalue weighted by Gasteiger charge is -2.13. The van der Waals surface area contributed by atoms with Crippen LogP contribution in [0.25, 0.3) is 11.1 Å². The third-order valence-corrected chi connectivity index (χ3v) is 4.13. The molecule has 0 saturated heterocycles. The molecule has 23 heavy (non-hydrogen) atoms. The average molecular weight is 331 g/mol. The van der Waals surface area contributed by atoms with Gasteiger partial charge in [0, 0.05) is 5.56 Å². The Morgan fingerprint density at radius 2 is 1.78 bits per heavy atom. The number of ether oxygens (including phenoxy) is 1. The number of aldehydes is 1. The Balaban J connectivity index is 2.11. The van der Waals surface area contributed by atoms with Crippen molar-refractivity contribution >= 4 is 17.9 Å². The van der Waals surface area contributed by atoms with Gasteiger partial charge in [0.1, 0.15) is 12.0 Å². The average Bonchev–Trinajstić information content (AvgIpc) is 2.56. The van der Waals surface area contributed by atoms with Gasteiger partial charge in [-0.1, -0.05) is 62.1 Å². The Kier molecular flexibility index (Phi) is 6.66. The number of unbranched alkanes of at least 4 members (excludes halogenated alkanes) is 3. The summed E-state index contributed by atoms with van der Waals surface area (Å²) in [6.45, 7) is 4.91. The summed E-state index contributed by atoms with van der Waals surface area (Å²) in [6, 6.07) is 11.5. The summed E-state index contributed by atoms with van der Waals surface area (Å²) in [7, 11) is 0. The summed E-state index contributed by atoms with van der Waals surface area (Å²) in [5.41, 5.74) is 3.77. The van der Waals surface area contributed by atoms with Crippen LogP contribution < -0.4 is 4.74 Å². The van der Waals surface area contributed by atoms with E-state index < -0.39 is 0 Å². The van der Waals surface area contributed by atoms with Gasteiger partial charge in [-0.3, -0.25) is 4.79 Å². The van der Waals surface area contributed by atoms with Gasteiger partial charge in [-0.15, -0.1) is 0 Å². The fourth-order valence-electron chi connectivity index (χ4n) is 2.54. The number of benzene rings is 2. The van der Waals surface area contributed by atoms with Gasteiger partial charge in [0.15, 0.2) is 0 Å². The second-order valence-corrected chi connectivity index (χ2v) is 6.16. The van der Waals surface area contributed by atoms with E-state index in [1.54, 1.807) is 0 Å². The molecule has 0 saturated carbocycles. The first-order valence-corrected chi connectivity index (χ1v) is 8.52. The molecule has 0 fully saturated rings. The van der Waals surface area contributed by atoms with Crippen LogP contribution in [0, 0.1) is 6.92 Å². The molecule has 0 bridgehead atoms. The fourth-order valence-corrected chi connectivity index (χ4v) is 2.86. The molecule has 2 rings (SSSR count). The predicted octanol–water partition coefficient (Wildman–Crippen LogP) is 6.09. The summed E-state index contributed by atoms with van der Waals surface area (Å²) in [4.78, 5) is 10.7. The van der Waals surface area contributed by atoms with Gasteiger partial charge in [0.25, 0.3) is 0 Å². The lowest BCUT2D eigenvalue weighted by molar-refractivity contribution is 0.112. The molecule has 0 heterocycles. The van der Waals surface area contributed by atoms with Crippen molar-refractivity contribution in [2.45, 2.75) is 39.5 Å². The van der Waals surface area contributed by atoms with E-state index in [1.807, 2.05) is 37.3 Å². The minimum Gasteiger partial charge on any atom is -0.492 e. The fraction of sp³-hybridized carbons (Fsp3) is 0.350. The molecular formula is C20H23ClO2. The van der Waals surface area contributed by atoms with Crippen LogP contribution in [0.1, 0.15) is 48.5 Å². The number of hydrogen-bond acceptors (Lipinski definition) is 2. The molecule has 0 N–H and O–H groups in total. The number of halogens is 1. The Morgan fingerprint density at radius 3 is 2.39 bits per heavy atom. The van der Waals surface area contributed by atoms with Crippen molar-refractivity contribution < 1.29 is 9.53 Å². The van der Waals surface area contributed by atoms with Gasteiger partial charge in [0.2, 0.25) is 0 Å². The van der Waals surface area contributed by atoms with Crippen molar-refractivity contribution in [1.82, 2.24) is 0 Å². The normalized spacial score (nSPS) is 10.6. The number of carbonyl (C=O) groups is 1. The van der Waals surface area contributed by atoms with Crippen molar-refractivity contribution in [3.05, 3.63) is 52.5 Å². The van der Waals surface area contributed by atoms with Crippen molar-refractivity contribution in [3.63, 3.8) is 0 Å². The predicted molar refractivity (Wildman–Crippen MR) is 96.6 cm³/mol. The molecule has 122 valence electrons. The molecule has 2 nitrogen and oxygen atoms in total. The van der Waals surface area contributed by atoms with Gasteiger partial charge < -0.3 is 4.74 Å². The van der Waals surface area contributed by atoms with Gasteiger partial charge in [-0.05, 0) is 42.2 Å². The topological polar surface area (TPSA) is 26.3 Å². The Morgan fingerprint density at radius 1 is 1.04 bits per heavy atom. The molecule has 0 spiro atoms. The molecule has 0 aliphatic carbocycles. The van der Waals surface area contributed by atoms with Crippen LogP contribution in [0.4, 0.5) is 0 Å². The number of rotatable bonds is 8. The van der Waals surface area contributed by atoms with E-state index in [2.05, 4.69) is 13.0 Å². The zero-order valence-corrected chi connectivity index (χ0v) is 14.5. The van der Waals surface area contributed by atoms with Gasteiger partial charge in [-0.25, -0.2) is 0 Å². The van der Waals surface area contributed by atoms with Crippen molar-refractivity contribution in [2.75, 3.05) is 6.61 Å². The molecule has 0 atom stereocenters. The van der Waals surface area contributed by atoms with Crippen LogP contribution in [0.5, 0.6) is 5.75 Å². The Hall–Kier alpha value is -1.80. The van der Waals surface area contributed by atoms with E-state index in [9.17, 15) is 4.79 Å². The van der Waals surface area contributed by atoms with E-state index in [4.69, 9.17) is 16.3 Å². The minimum absolute atomic E-state index is 0.634. The smallest absolute Gasteiger partial charge is 0.150 e. The Labute approximate surface area is 143 Å². The summed E-state index contributed by atoms with van der Waals surface area (Å²) in [6.07, 6.45) is 5.55. The lowest BCUT2D eigenvalue weighted by Crippen LogP contribution is -2.00. The molecule has 0 aliphatic rings. The molecule has 2 aromatic rings. The third-order valence-electron chi connectivity index (χ3n) is 3.85.